The zero-order valence-corrected chi connectivity index (χ0v) is 11.6. The van der Waals surface area contributed by atoms with Crippen LogP contribution in [0.15, 0.2) is 54.7 Å². The van der Waals surface area contributed by atoms with E-state index in [1.807, 2.05) is 48.5 Å². The van der Waals surface area contributed by atoms with E-state index in [9.17, 15) is 0 Å². The Bertz CT molecular complexity index is 756. The highest BCUT2D eigenvalue weighted by Crippen LogP contribution is 2.27. The lowest BCUT2D eigenvalue weighted by atomic mass is 10.1. The topological polar surface area (TPSA) is 50.9 Å². The normalized spacial score (nSPS) is 10.7. The molecule has 1 heterocycles. The summed E-state index contributed by atoms with van der Waals surface area (Å²) in [6, 6.07) is 15.7. The van der Waals surface area contributed by atoms with E-state index < -0.39 is 0 Å². The number of fused-ring (bicyclic) bond motifs is 1. The van der Waals surface area contributed by atoms with Gasteiger partial charge in [-0.2, -0.15) is 0 Å². The van der Waals surface area contributed by atoms with Gasteiger partial charge in [0.25, 0.3) is 0 Å². The molecular weight excluding hydrogens is 270 g/mol. The van der Waals surface area contributed by atoms with E-state index in [4.69, 9.17) is 17.3 Å². The summed E-state index contributed by atoms with van der Waals surface area (Å²) in [5.74, 6) is 0. The molecule has 3 rings (SSSR count). The fraction of sp³-hybridized carbons (Fsp3) is 0.0625. The van der Waals surface area contributed by atoms with E-state index in [2.05, 4.69) is 10.3 Å². The van der Waals surface area contributed by atoms with Crippen LogP contribution in [0.4, 0.5) is 11.4 Å². The van der Waals surface area contributed by atoms with Gasteiger partial charge in [0.15, 0.2) is 0 Å². The highest BCUT2D eigenvalue weighted by molar-refractivity contribution is 6.31. The summed E-state index contributed by atoms with van der Waals surface area (Å²) in [6.07, 6.45) is 1.77. The average Bonchev–Trinajstić information content (AvgIpc) is 2.47. The van der Waals surface area contributed by atoms with E-state index in [1.165, 1.54) is 0 Å². The lowest BCUT2D eigenvalue weighted by molar-refractivity contribution is 1.07. The molecule has 3 aromatic rings. The Morgan fingerprint density at radius 1 is 1.10 bits per heavy atom. The predicted octanol–water partition coefficient (Wildman–Crippen LogP) is 4.09. The minimum Gasteiger partial charge on any atom is -0.355 e. The molecule has 0 radical (unpaired) electrons. The Hall–Kier alpha value is -2.10. The van der Waals surface area contributed by atoms with Gasteiger partial charge in [0.2, 0.25) is 0 Å². The molecule has 20 heavy (non-hydrogen) atoms. The number of nitrogens with one attached hydrogen (secondary N) is 1. The molecule has 3 nitrogen and oxygen atoms in total. The van der Waals surface area contributed by atoms with Crippen molar-refractivity contribution < 1.29 is 0 Å². The first-order valence-electron chi connectivity index (χ1n) is 6.36. The molecule has 0 aliphatic carbocycles. The van der Waals surface area contributed by atoms with Crippen molar-refractivity contribution in [2.75, 3.05) is 5.32 Å². The molecule has 0 spiro atoms. The number of halogens is 1. The second-order valence-electron chi connectivity index (χ2n) is 4.55. The van der Waals surface area contributed by atoms with Gasteiger partial charge in [-0.3, -0.25) is 4.98 Å². The summed E-state index contributed by atoms with van der Waals surface area (Å²) in [5.41, 5.74) is 9.64. The van der Waals surface area contributed by atoms with E-state index in [0.717, 1.165) is 27.8 Å². The van der Waals surface area contributed by atoms with Crippen molar-refractivity contribution in [2.24, 2.45) is 5.73 Å². The zero-order valence-electron chi connectivity index (χ0n) is 10.8. The molecule has 1 aromatic heterocycles. The SMILES string of the molecule is NCc1cccc(Nc2ccnc3cc(Cl)ccc23)c1. The highest BCUT2D eigenvalue weighted by atomic mass is 35.5. The van der Waals surface area contributed by atoms with Gasteiger partial charge in [-0.1, -0.05) is 23.7 Å². The average molecular weight is 284 g/mol. The van der Waals surface area contributed by atoms with Gasteiger partial charge >= 0.3 is 0 Å². The summed E-state index contributed by atoms with van der Waals surface area (Å²) in [5, 5.41) is 5.13. The van der Waals surface area contributed by atoms with E-state index >= 15 is 0 Å². The molecule has 100 valence electrons. The van der Waals surface area contributed by atoms with Crippen LogP contribution in [-0.2, 0) is 6.54 Å². The standard InChI is InChI=1S/C16H14ClN3/c17-12-4-5-14-15(6-7-19-16(14)9-12)20-13-3-1-2-11(8-13)10-18/h1-9H,10,18H2,(H,19,20). The van der Waals surface area contributed by atoms with Crippen molar-refractivity contribution in [3.05, 3.63) is 65.3 Å². The first kappa shape index (κ1) is 12.9. The van der Waals surface area contributed by atoms with Gasteiger partial charge in [-0.25, -0.2) is 0 Å². The first-order valence-corrected chi connectivity index (χ1v) is 6.74. The molecule has 0 aliphatic heterocycles. The van der Waals surface area contributed by atoms with Gasteiger partial charge in [0.05, 0.1) is 5.52 Å². The number of pyridine rings is 1. The van der Waals surface area contributed by atoms with Crippen LogP contribution in [0, 0.1) is 0 Å². The second-order valence-corrected chi connectivity index (χ2v) is 4.99. The van der Waals surface area contributed by atoms with Crippen LogP contribution < -0.4 is 11.1 Å². The van der Waals surface area contributed by atoms with Crippen LogP contribution in [0.3, 0.4) is 0 Å². The van der Waals surface area contributed by atoms with Crippen molar-refractivity contribution in [1.82, 2.24) is 4.98 Å². The molecule has 3 N–H and O–H groups in total. The molecule has 0 atom stereocenters. The molecule has 0 saturated heterocycles. The summed E-state index contributed by atoms with van der Waals surface area (Å²) in [7, 11) is 0. The molecule has 0 unspecified atom stereocenters. The lowest BCUT2D eigenvalue weighted by Gasteiger charge is -2.10. The molecule has 0 saturated carbocycles. The number of aromatic nitrogens is 1. The van der Waals surface area contributed by atoms with Crippen LogP contribution in [0.25, 0.3) is 10.9 Å². The van der Waals surface area contributed by atoms with Gasteiger partial charge < -0.3 is 11.1 Å². The smallest absolute Gasteiger partial charge is 0.0737 e. The number of hydrogen-bond acceptors (Lipinski definition) is 3. The largest absolute Gasteiger partial charge is 0.355 e. The van der Waals surface area contributed by atoms with E-state index in [-0.39, 0.29) is 0 Å². The van der Waals surface area contributed by atoms with Crippen LogP contribution in [0.5, 0.6) is 0 Å². The molecular formula is C16H14ClN3. The number of benzene rings is 2. The maximum absolute atomic E-state index is 6.00. The fourth-order valence-corrected chi connectivity index (χ4v) is 2.33. The quantitative estimate of drug-likeness (QED) is 0.761. The number of hydrogen-bond donors (Lipinski definition) is 2. The Morgan fingerprint density at radius 2 is 2.00 bits per heavy atom. The van der Waals surface area contributed by atoms with Crippen molar-refractivity contribution in [3.63, 3.8) is 0 Å². The minimum absolute atomic E-state index is 0.530. The molecule has 0 bridgehead atoms. The molecule has 4 heteroatoms. The van der Waals surface area contributed by atoms with Gasteiger partial charge in [-0.05, 0) is 42.0 Å². The molecule has 0 fully saturated rings. The number of nitrogens with two attached hydrogens (primary N) is 1. The van der Waals surface area contributed by atoms with Crippen LogP contribution in [0.1, 0.15) is 5.56 Å². The van der Waals surface area contributed by atoms with E-state index in [1.54, 1.807) is 6.20 Å². The van der Waals surface area contributed by atoms with Crippen molar-refractivity contribution in [1.29, 1.82) is 0 Å². The monoisotopic (exact) mass is 283 g/mol. The Balaban J connectivity index is 2.02. The summed E-state index contributed by atoms with van der Waals surface area (Å²) >= 11 is 6.00. The maximum atomic E-state index is 6.00. The summed E-state index contributed by atoms with van der Waals surface area (Å²) in [6.45, 7) is 0.530. The third-order valence-electron chi connectivity index (χ3n) is 3.15. The maximum Gasteiger partial charge on any atom is 0.0737 e. The molecule has 0 amide bonds. The first-order chi connectivity index (χ1) is 9.76. The Kier molecular flexibility index (Phi) is 3.54. The van der Waals surface area contributed by atoms with Gasteiger partial charge in [0.1, 0.15) is 0 Å². The second kappa shape index (κ2) is 5.49. The number of rotatable bonds is 3. The third kappa shape index (κ3) is 2.59. The van der Waals surface area contributed by atoms with Crippen molar-refractivity contribution in [3.8, 4) is 0 Å². The van der Waals surface area contributed by atoms with Crippen molar-refractivity contribution in [2.45, 2.75) is 6.54 Å². The summed E-state index contributed by atoms with van der Waals surface area (Å²) < 4.78 is 0. The predicted molar refractivity (Wildman–Crippen MR) is 84.4 cm³/mol. The fourth-order valence-electron chi connectivity index (χ4n) is 2.16. The molecule has 2 aromatic carbocycles. The van der Waals surface area contributed by atoms with Gasteiger partial charge in [0, 0.05) is 34.5 Å². The zero-order chi connectivity index (χ0) is 13.9. The minimum atomic E-state index is 0.530. The molecule has 0 aliphatic rings. The van der Waals surface area contributed by atoms with Crippen molar-refractivity contribution >= 4 is 33.9 Å². The van der Waals surface area contributed by atoms with Crippen LogP contribution in [0.2, 0.25) is 5.02 Å². The number of anilines is 2. The van der Waals surface area contributed by atoms with E-state index in [0.29, 0.717) is 11.6 Å². The van der Waals surface area contributed by atoms with Gasteiger partial charge in [-0.15, -0.1) is 0 Å². The Labute approximate surface area is 122 Å². The summed E-state index contributed by atoms with van der Waals surface area (Å²) in [4.78, 5) is 4.33. The highest BCUT2D eigenvalue weighted by Gasteiger charge is 2.03. The number of nitrogens with zero attached hydrogens (tertiary/aromatic N) is 1. The lowest BCUT2D eigenvalue weighted by Crippen LogP contribution is -1.98. The van der Waals surface area contributed by atoms with Crippen LogP contribution >= 0.6 is 11.6 Å². The third-order valence-corrected chi connectivity index (χ3v) is 3.38. The Morgan fingerprint density at radius 3 is 2.85 bits per heavy atom. The van der Waals surface area contributed by atoms with Crippen LogP contribution in [-0.4, -0.2) is 4.98 Å².